The normalized spacial score (nSPS) is 16.1. The standard InChI is InChI=1S/C16H5F19O4S/c17-10(18,19)7(8(11(20,21)22)39-5-1-3-6(4-2-5)40(36,37)38)9(14(27,28)29,12(23,24)15(30,31)32)13(25,26)16(33,34)35/h1-4H,(H,36,37,38)/p-1. The molecule has 40 heavy (non-hydrogen) atoms. The highest BCUT2D eigenvalue weighted by Crippen LogP contribution is 2.72. The van der Waals surface area contributed by atoms with Crippen LogP contribution in [0.2, 0.25) is 0 Å². The zero-order valence-corrected chi connectivity index (χ0v) is 18.3. The number of allylic oxidation sites excluding steroid dienone is 2. The van der Waals surface area contributed by atoms with Crippen molar-refractivity contribution in [2.24, 2.45) is 5.41 Å². The van der Waals surface area contributed by atoms with Gasteiger partial charge >= 0.3 is 42.7 Å². The first-order valence-corrected chi connectivity index (χ1v) is 10.2. The van der Waals surface area contributed by atoms with Crippen molar-refractivity contribution in [2.45, 2.75) is 47.6 Å². The minimum Gasteiger partial charge on any atom is -0.744 e. The highest BCUT2D eigenvalue weighted by Gasteiger charge is 2.96. The quantitative estimate of drug-likeness (QED) is 0.184. The molecule has 0 N–H and O–H groups in total. The predicted molar refractivity (Wildman–Crippen MR) is 84.7 cm³/mol. The summed E-state index contributed by atoms with van der Waals surface area (Å²) in [6.45, 7) is 0. The first-order chi connectivity index (χ1) is 17.2. The summed E-state index contributed by atoms with van der Waals surface area (Å²) >= 11 is 0. The topological polar surface area (TPSA) is 66.4 Å². The fourth-order valence-electron chi connectivity index (χ4n) is 2.99. The third kappa shape index (κ3) is 5.86. The van der Waals surface area contributed by atoms with Gasteiger partial charge in [-0.1, -0.05) is 0 Å². The van der Waals surface area contributed by atoms with Gasteiger partial charge in [0.05, 0.1) is 4.90 Å². The molecule has 4 nitrogen and oxygen atoms in total. The number of hydrogen-bond acceptors (Lipinski definition) is 4. The lowest BCUT2D eigenvalue weighted by atomic mass is 9.66. The molecular formula is C16H4F19O4S-. The van der Waals surface area contributed by atoms with Crippen LogP contribution in [-0.4, -0.2) is 55.7 Å². The van der Waals surface area contributed by atoms with E-state index in [4.69, 9.17) is 0 Å². The molecule has 0 fully saturated rings. The zero-order valence-electron chi connectivity index (χ0n) is 17.5. The largest absolute Gasteiger partial charge is 0.744 e. The number of halogens is 19. The summed E-state index contributed by atoms with van der Waals surface area (Å²) < 4.78 is 292. The molecule has 1 aromatic carbocycles. The molecule has 0 spiro atoms. The van der Waals surface area contributed by atoms with Gasteiger partial charge in [0, 0.05) is 0 Å². The van der Waals surface area contributed by atoms with Crippen molar-refractivity contribution in [3.63, 3.8) is 0 Å². The zero-order chi connectivity index (χ0) is 32.3. The van der Waals surface area contributed by atoms with E-state index in [-0.39, 0.29) is 24.3 Å². The number of ether oxygens (including phenoxy) is 1. The van der Waals surface area contributed by atoms with Crippen LogP contribution in [0.15, 0.2) is 40.5 Å². The second-order valence-corrected chi connectivity index (χ2v) is 8.50. The molecule has 0 aromatic heterocycles. The van der Waals surface area contributed by atoms with Crippen LogP contribution in [0.3, 0.4) is 0 Å². The summed E-state index contributed by atoms with van der Waals surface area (Å²) in [5.74, 6) is -25.1. The molecule has 232 valence electrons. The van der Waals surface area contributed by atoms with Crippen LogP contribution in [0.4, 0.5) is 83.4 Å². The van der Waals surface area contributed by atoms with Crippen LogP contribution >= 0.6 is 0 Å². The molecule has 0 radical (unpaired) electrons. The van der Waals surface area contributed by atoms with Gasteiger partial charge in [0.25, 0.3) is 0 Å². The Morgan fingerprint density at radius 3 is 1.15 bits per heavy atom. The number of hydrogen-bond donors (Lipinski definition) is 0. The summed E-state index contributed by atoms with van der Waals surface area (Å²) in [5, 5.41) is 0. The van der Waals surface area contributed by atoms with Gasteiger partial charge in [-0.15, -0.1) is 0 Å². The maximum atomic E-state index is 14.1. The lowest BCUT2D eigenvalue weighted by Gasteiger charge is -2.48. The van der Waals surface area contributed by atoms with E-state index >= 15 is 0 Å². The van der Waals surface area contributed by atoms with Gasteiger partial charge in [-0.05, 0) is 24.3 Å². The first kappa shape index (κ1) is 35.4. The summed E-state index contributed by atoms with van der Waals surface area (Å²) in [6, 6.07) is -1.12. The van der Waals surface area contributed by atoms with Gasteiger partial charge in [0.1, 0.15) is 21.4 Å². The predicted octanol–water partition coefficient (Wildman–Crippen LogP) is 7.29. The highest BCUT2D eigenvalue weighted by molar-refractivity contribution is 7.85. The molecule has 0 bridgehead atoms. The smallest absolute Gasteiger partial charge is 0.454 e. The second kappa shape index (κ2) is 9.72. The monoisotopic (exact) mass is 653 g/mol. The Balaban J connectivity index is 4.66. The van der Waals surface area contributed by atoms with Crippen LogP contribution in [-0.2, 0) is 10.1 Å². The van der Waals surface area contributed by atoms with Gasteiger partial charge < -0.3 is 9.29 Å². The van der Waals surface area contributed by atoms with Crippen molar-refractivity contribution in [1.29, 1.82) is 0 Å². The van der Waals surface area contributed by atoms with Gasteiger partial charge in [0.15, 0.2) is 0 Å². The molecule has 1 aromatic rings. The number of alkyl halides is 19. The van der Waals surface area contributed by atoms with E-state index in [1.807, 2.05) is 0 Å². The number of rotatable bonds is 6. The molecule has 0 saturated carbocycles. The maximum Gasteiger partial charge on any atom is 0.454 e. The molecule has 0 aliphatic carbocycles. The van der Waals surface area contributed by atoms with Crippen molar-refractivity contribution in [3.8, 4) is 5.75 Å². The molecular weight excluding hydrogens is 649 g/mol. The Labute approximate surface area is 206 Å². The fraction of sp³-hybridized carbons (Fsp3) is 0.500. The van der Waals surface area contributed by atoms with E-state index in [1.165, 1.54) is 0 Å². The van der Waals surface area contributed by atoms with Gasteiger partial charge in [-0.2, -0.15) is 83.4 Å². The van der Waals surface area contributed by atoms with Crippen molar-refractivity contribution in [1.82, 2.24) is 0 Å². The Kier molecular flexibility index (Phi) is 8.59. The molecule has 0 amide bonds. The SMILES string of the molecule is O=S(=O)([O-])c1ccc(OC(=C(C(F)(F)F)C(C(F)(F)F)(C(F)(F)C(F)(F)F)C(F)(F)C(F)(F)F)C(F)(F)F)cc1. The molecule has 0 aliphatic heterocycles. The lowest BCUT2D eigenvalue weighted by Crippen LogP contribution is -2.73. The number of benzene rings is 1. The summed E-state index contributed by atoms with van der Waals surface area (Å²) in [6.07, 6.45) is -41.5. The summed E-state index contributed by atoms with van der Waals surface area (Å²) in [4.78, 5) is -1.48. The summed E-state index contributed by atoms with van der Waals surface area (Å²) in [5.41, 5.74) is -15.1. The third-order valence-corrected chi connectivity index (χ3v) is 5.40. The van der Waals surface area contributed by atoms with E-state index in [0.717, 1.165) is 0 Å². The van der Waals surface area contributed by atoms with Crippen LogP contribution in [0.5, 0.6) is 5.75 Å². The molecule has 0 atom stereocenters. The minimum atomic E-state index is -9.16. The molecule has 1 rings (SSSR count). The van der Waals surface area contributed by atoms with Crippen molar-refractivity contribution < 1.29 is 101 Å². The van der Waals surface area contributed by atoms with Gasteiger partial charge in [0.2, 0.25) is 11.2 Å². The van der Waals surface area contributed by atoms with E-state index in [1.54, 1.807) is 0 Å². The van der Waals surface area contributed by atoms with Gasteiger partial charge in [-0.25, -0.2) is 8.42 Å². The van der Waals surface area contributed by atoms with Crippen molar-refractivity contribution in [2.75, 3.05) is 0 Å². The van der Waals surface area contributed by atoms with Crippen LogP contribution in [0, 0.1) is 5.41 Å². The van der Waals surface area contributed by atoms with E-state index in [9.17, 15) is 96.4 Å². The fourth-order valence-corrected chi connectivity index (χ4v) is 3.46. The van der Waals surface area contributed by atoms with E-state index in [0.29, 0.717) is 0 Å². The molecule has 0 saturated heterocycles. The van der Waals surface area contributed by atoms with E-state index in [2.05, 4.69) is 4.74 Å². The Bertz CT molecular complexity index is 1190. The van der Waals surface area contributed by atoms with E-state index < -0.39 is 80.2 Å². The second-order valence-electron chi connectivity index (χ2n) is 7.12. The van der Waals surface area contributed by atoms with Crippen molar-refractivity contribution >= 4 is 10.1 Å². The average Bonchev–Trinajstić information content (AvgIpc) is 2.65. The average molecular weight is 653 g/mol. The Hall–Kier alpha value is -2.66. The summed E-state index contributed by atoms with van der Waals surface area (Å²) in [7, 11) is -5.55. The van der Waals surface area contributed by atoms with Crippen LogP contribution < -0.4 is 4.74 Å². The Morgan fingerprint density at radius 1 is 0.575 bits per heavy atom. The maximum absolute atomic E-state index is 14.1. The van der Waals surface area contributed by atoms with Gasteiger partial charge in [-0.3, -0.25) is 0 Å². The highest BCUT2D eigenvalue weighted by atomic mass is 32.2. The lowest BCUT2D eigenvalue weighted by molar-refractivity contribution is -0.457. The van der Waals surface area contributed by atoms with Crippen LogP contribution in [0.1, 0.15) is 0 Å². The van der Waals surface area contributed by atoms with Crippen LogP contribution in [0.25, 0.3) is 0 Å². The first-order valence-electron chi connectivity index (χ1n) is 8.77. The molecule has 0 heterocycles. The molecule has 0 aliphatic rings. The third-order valence-electron chi connectivity index (χ3n) is 4.55. The minimum absolute atomic E-state index is 0.190. The van der Waals surface area contributed by atoms with Crippen molar-refractivity contribution in [3.05, 3.63) is 35.6 Å². The Morgan fingerprint density at radius 2 is 0.925 bits per heavy atom. The molecule has 0 unspecified atom stereocenters. The molecule has 24 heteroatoms.